The number of nitrogens with zero attached hydrogens (tertiary/aromatic N) is 2. The van der Waals surface area contributed by atoms with Gasteiger partial charge in [0.05, 0.1) is 52.4 Å². The Balaban J connectivity index is 0. The molecular weight excluding hydrogens is 579 g/mol. The van der Waals surface area contributed by atoms with Gasteiger partial charge in [0, 0.05) is 0 Å². The first kappa shape index (κ1) is 46.2. The van der Waals surface area contributed by atoms with Crippen molar-refractivity contribution in [2.75, 3.05) is 52.4 Å². The Hall–Kier alpha value is -0.910. The molecule has 0 bridgehead atoms. The number of phosphoric acid groups is 1. The van der Waals surface area contributed by atoms with Gasteiger partial charge in [0.2, 0.25) is 0 Å². The molecule has 0 atom stereocenters. The SMILES string of the molecule is CCCC[N+](CCCC)(CCCC)CCCC.CCCC[N+](CCCC)(CCCC)CCCC.O=P([O-])([O-])Oc1ccccc1. The second kappa shape index (κ2) is 30.4. The maximum absolute atomic E-state index is 10.1. The zero-order chi connectivity index (χ0) is 34.3. The summed E-state index contributed by atoms with van der Waals surface area (Å²) >= 11 is 0. The Kier molecular flexibility index (Phi) is 31.2. The van der Waals surface area contributed by atoms with E-state index in [2.05, 4.69) is 59.9 Å². The third-order valence-corrected chi connectivity index (χ3v) is 9.28. The first-order chi connectivity index (χ1) is 21.6. The van der Waals surface area contributed by atoms with E-state index in [1.165, 1.54) is 176 Å². The monoisotopic (exact) mass is 657 g/mol. The number of unbranched alkanes of at least 4 members (excludes halogenated alkanes) is 8. The van der Waals surface area contributed by atoms with Gasteiger partial charge in [0.1, 0.15) is 13.6 Å². The van der Waals surface area contributed by atoms with Gasteiger partial charge in [-0.1, -0.05) is 125 Å². The largest absolute Gasteiger partial charge is 0.780 e. The highest BCUT2D eigenvalue weighted by atomic mass is 31.2. The lowest BCUT2D eigenvalue weighted by Gasteiger charge is -2.39. The summed E-state index contributed by atoms with van der Waals surface area (Å²) in [4.78, 5) is 20.1. The molecule has 0 aromatic heterocycles. The molecule has 6 nitrogen and oxygen atoms in total. The van der Waals surface area contributed by atoms with Crippen LogP contribution in [0.1, 0.15) is 158 Å². The molecule has 0 radical (unpaired) electrons. The van der Waals surface area contributed by atoms with Crippen LogP contribution in [0, 0.1) is 0 Å². The van der Waals surface area contributed by atoms with Crippen LogP contribution in [0.25, 0.3) is 0 Å². The summed E-state index contributed by atoms with van der Waals surface area (Å²) < 4.78 is 16.9. The van der Waals surface area contributed by atoms with Gasteiger partial charge in [0.15, 0.2) is 0 Å². The third-order valence-electron chi connectivity index (χ3n) is 8.85. The fourth-order valence-electron chi connectivity index (χ4n) is 5.90. The minimum absolute atomic E-state index is 0.0424. The van der Waals surface area contributed by atoms with Crippen LogP contribution >= 0.6 is 7.82 Å². The second-order valence-corrected chi connectivity index (χ2v) is 14.2. The van der Waals surface area contributed by atoms with E-state index in [4.69, 9.17) is 0 Å². The van der Waals surface area contributed by atoms with Crippen LogP contribution in [0.4, 0.5) is 0 Å². The number of phosphoric ester groups is 1. The molecule has 0 N–H and O–H groups in total. The molecule has 0 saturated heterocycles. The quantitative estimate of drug-likeness (QED) is 0.0735. The van der Waals surface area contributed by atoms with E-state index in [-0.39, 0.29) is 5.75 Å². The highest BCUT2D eigenvalue weighted by Gasteiger charge is 2.25. The summed E-state index contributed by atoms with van der Waals surface area (Å²) in [5.74, 6) is 0.0424. The molecule has 0 amide bonds. The third kappa shape index (κ3) is 26.8. The summed E-state index contributed by atoms with van der Waals surface area (Å²) in [6.07, 6.45) is 22.1. The Morgan fingerprint density at radius 1 is 0.467 bits per heavy atom. The maximum atomic E-state index is 10.1. The van der Waals surface area contributed by atoms with E-state index in [9.17, 15) is 14.4 Å². The number of benzene rings is 1. The predicted molar refractivity (Wildman–Crippen MR) is 193 cm³/mol. The first-order valence-electron chi connectivity index (χ1n) is 19.0. The van der Waals surface area contributed by atoms with E-state index >= 15 is 0 Å². The van der Waals surface area contributed by atoms with Crippen molar-refractivity contribution >= 4 is 7.82 Å². The van der Waals surface area contributed by atoms with Crippen molar-refractivity contribution in [3.63, 3.8) is 0 Å². The highest BCUT2D eigenvalue weighted by molar-refractivity contribution is 7.43. The second-order valence-electron chi connectivity index (χ2n) is 13.2. The average Bonchev–Trinajstić information content (AvgIpc) is 3.03. The molecular formula is C38H77N2O4P. The van der Waals surface area contributed by atoms with Gasteiger partial charge in [-0.3, -0.25) is 0 Å². The van der Waals surface area contributed by atoms with Crippen LogP contribution in [0.3, 0.4) is 0 Å². The molecule has 45 heavy (non-hydrogen) atoms. The molecule has 0 spiro atoms. The van der Waals surface area contributed by atoms with E-state index in [0.717, 1.165) is 0 Å². The van der Waals surface area contributed by atoms with Crippen molar-refractivity contribution < 1.29 is 27.8 Å². The van der Waals surface area contributed by atoms with Crippen molar-refractivity contribution in [1.29, 1.82) is 0 Å². The highest BCUT2D eigenvalue weighted by Crippen LogP contribution is 2.28. The summed E-state index contributed by atoms with van der Waals surface area (Å²) in [6, 6.07) is 7.62. The predicted octanol–water partition coefficient (Wildman–Crippen LogP) is 9.90. The summed E-state index contributed by atoms with van der Waals surface area (Å²) in [7, 11) is -4.89. The molecule has 1 rings (SSSR count). The topological polar surface area (TPSA) is 72.4 Å². The van der Waals surface area contributed by atoms with Crippen molar-refractivity contribution in [3.8, 4) is 5.75 Å². The molecule has 1 aromatic carbocycles. The van der Waals surface area contributed by atoms with E-state index in [1.807, 2.05) is 0 Å². The number of hydrogen-bond donors (Lipinski definition) is 0. The van der Waals surface area contributed by atoms with Crippen LogP contribution in [-0.2, 0) is 4.57 Å². The lowest BCUT2D eigenvalue weighted by Crippen LogP contribution is -2.50. The van der Waals surface area contributed by atoms with Crippen molar-refractivity contribution in [1.82, 2.24) is 0 Å². The fraction of sp³-hybridized carbons (Fsp3) is 0.842. The lowest BCUT2D eigenvalue weighted by atomic mass is 10.1. The Morgan fingerprint density at radius 2 is 0.689 bits per heavy atom. The molecule has 0 saturated carbocycles. The van der Waals surface area contributed by atoms with Crippen LogP contribution < -0.4 is 14.3 Å². The fourth-order valence-corrected chi connectivity index (χ4v) is 6.28. The van der Waals surface area contributed by atoms with Crippen molar-refractivity contribution in [2.45, 2.75) is 158 Å². The zero-order valence-electron chi connectivity index (χ0n) is 31.3. The standard InChI is InChI=1S/2C16H36N.C6H7O4P/c2*1-5-9-13-17(14-10-6-2,15-11-7-3)16-12-8-4;7-11(8,9)10-6-4-2-1-3-5-6/h2*5-16H2,1-4H3;1-5H,(H2,7,8,9)/q2*+1;/p-2. The Morgan fingerprint density at radius 3 is 0.867 bits per heavy atom. The van der Waals surface area contributed by atoms with E-state index in [0.29, 0.717) is 0 Å². The van der Waals surface area contributed by atoms with Gasteiger partial charge in [0.25, 0.3) is 0 Å². The number of hydrogen-bond acceptors (Lipinski definition) is 4. The summed E-state index contributed by atoms with van der Waals surface area (Å²) in [6.45, 7) is 30.0. The molecule has 1 aromatic rings. The van der Waals surface area contributed by atoms with Crippen LogP contribution in [0.15, 0.2) is 30.3 Å². The van der Waals surface area contributed by atoms with Gasteiger partial charge >= 0.3 is 0 Å². The molecule has 0 aliphatic heterocycles. The maximum Gasteiger partial charge on any atom is 0.124 e. The van der Waals surface area contributed by atoms with Gasteiger partial charge in [-0.25, -0.2) is 0 Å². The number of quaternary nitrogens is 2. The molecule has 7 heteroatoms. The van der Waals surface area contributed by atoms with E-state index < -0.39 is 7.82 Å². The summed E-state index contributed by atoms with van der Waals surface area (Å²) in [5.41, 5.74) is 0. The smallest absolute Gasteiger partial charge is 0.124 e. The molecule has 0 fully saturated rings. The molecule has 0 aliphatic carbocycles. The van der Waals surface area contributed by atoms with Gasteiger partial charge in [-0.05, 0) is 63.5 Å². The zero-order valence-corrected chi connectivity index (χ0v) is 32.2. The van der Waals surface area contributed by atoms with Crippen LogP contribution in [0.2, 0.25) is 0 Å². The molecule has 0 unspecified atom stereocenters. The minimum Gasteiger partial charge on any atom is -0.780 e. The first-order valence-corrected chi connectivity index (χ1v) is 20.5. The lowest BCUT2D eigenvalue weighted by molar-refractivity contribution is -0.929. The van der Waals surface area contributed by atoms with Gasteiger partial charge < -0.3 is 27.8 Å². The van der Waals surface area contributed by atoms with Crippen molar-refractivity contribution in [3.05, 3.63) is 30.3 Å². The number of rotatable bonds is 26. The minimum atomic E-state index is -4.89. The van der Waals surface area contributed by atoms with Gasteiger partial charge in [-0.2, -0.15) is 0 Å². The Bertz CT molecular complexity index is 676. The molecule has 0 heterocycles. The van der Waals surface area contributed by atoms with Gasteiger partial charge in [-0.15, -0.1) is 0 Å². The normalized spacial score (nSPS) is 11.8. The summed E-state index contributed by atoms with van der Waals surface area (Å²) in [5, 5.41) is 0. The van der Waals surface area contributed by atoms with Crippen LogP contribution in [0.5, 0.6) is 5.75 Å². The Labute approximate surface area is 281 Å². The van der Waals surface area contributed by atoms with Crippen LogP contribution in [-0.4, -0.2) is 61.3 Å². The average molecular weight is 657 g/mol. The van der Waals surface area contributed by atoms with E-state index in [1.54, 1.807) is 18.2 Å². The number of para-hydroxylation sites is 1. The molecule has 268 valence electrons. The van der Waals surface area contributed by atoms with Crippen molar-refractivity contribution in [2.24, 2.45) is 0 Å². The molecule has 0 aliphatic rings.